The zero-order chi connectivity index (χ0) is 34.8. The molecule has 2 aromatic carbocycles. The zero-order valence-electron chi connectivity index (χ0n) is 27.6. The van der Waals surface area contributed by atoms with E-state index in [1.165, 1.54) is 17.4 Å². The van der Waals surface area contributed by atoms with E-state index in [2.05, 4.69) is 20.3 Å². The van der Waals surface area contributed by atoms with Crippen molar-refractivity contribution < 1.29 is 27.1 Å². The molecule has 1 fully saturated rings. The van der Waals surface area contributed by atoms with E-state index in [1.807, 2.05) is 33.8 Å². The van der Waals surface area contributed by atoms with Gasteiger partial charge in [-0.1, -0.05) is 12.1 Å². The van der Waals surface area contributed by atoms with E-state index >= 15 is 4.39 Å². The molecule has 3 aromatic heterocycles. The SMILES string of the molecule is Cc1ccc2c(CS(=O)(=O)Cc3cscn3)c(F)ccc2c1Oc1ncccc1-c1ccnc(N[C@H]2CCCN(C(=O)OC(C)(C)C)C2)n1. The van der Waals surface area contributed by atoms with Crippen LogP contribution in [0.2, 0.25) is 0 Å². The van der Waals surface area contributed by atoms with Crippen LogP contribution in [0, 0.1) is 12.7 Å². The summed E-state index contributed by atoms with van der Waals surface area (Å²) in [5.41, 5.74) is 3.39. The zero-order valence-corrected chi connectivity index (χ0v) is 29.3. The molecule has 4 heterocycles. The van der Waals surface area contributed by atoms with E-state index in [0.29, 0.717) is 52.5 Å². The molecule has 11 nitrogen and oxygen atoms in total. The van der Waals surface area contributed by atoms with Gasteiger partial charge in [-0.25, -0.2) is 37.5 Å². The number of sulfone groups is 1. The molecule has 256 valence electrons. The van der Waals surface area contributed by atoms with Gasteiger partial charge in [0, 0.05) is 47.9 Å². The van der Waals surface area contributed by atoms with Crippen molar-refractivity contribution in [2.75, 3.05) is 18.4 Å². The molecule has 1 atom stereocenters. The number of aromatic nitrogens is 4. The van der Waals surface area contributed by atoms with E-state index in [1.54, 1.807) is 58.5 Å². The molecule has 1 aliphatic rings. The third-order valence-corrected chi connectivity index (χ3v) is 10.0. The summed E-state index contributed by atoms with van der Waals surface area (Å²) in [7, 11) is -3.72. The highest BCUT2D eigenvalue weighted by Crippen LogP contribution is 2.38. The molecule has 0 unspecified atom stereocenters. The molecule has 0 saturated carbocycles. The number of piperidine rings is 1. The molecule has 0 radical (unpaired) electrons. The number of hydrogen-bond acceptors (Lipinski definition) is 11. The summed E-state index contributed by atoms with van der Waals surface area (Å²) in [6.45, 7) is 8.47. The number of halogens is 1. The van der Waals surface area contributed by atoms with Crippen molar-refractivity contribution in [3.63, 3.8) is 0 Å². The third-order valence-electron chi connectivity index (χ3n) is 7.93. The molecule has 1 N–H and O–H groups in total. The first-order valence-electron chi connectivity index (χ1n) is 15.8. The van der Waals surface area contributed by atoms with Crippen LogP contribution in [-0.4, -0.2) is 64.1 Å². The summed E-state index contributed by atoms with van der Waals surface area (Å²) in [6.07, 6.45) is 4.54. The fraction of sp³-hybridized carbons (Fsp3) is 0.343. The number of likely N-dealkylation sites (tertiary alicyclic amines) is 1. The third kappa shape index (κ3) is 8.31. The molecule has 49 heavy (non-hydrogen) atoms. The summed E-state index contributed by atoms with van der Waals surface area (Å²) in [6, 6.07) is 11.6. The van der Waals surface area contributed by atoms with Gasteiger partial charge in [-0.15, -0.1) is 11.3 Å². The van der Waals surface area contributed by atoms with Crippen molar-refractivity contribution in [1.82, 2.24) is 24.8 Å². The van der Waals surface area contributed by atoms with Gasteiger partial charge in [0.05, 0.1) is 34.0 Å². The lowest BCUT2D eigenvalue weighted by atomic mass is 10.0. The van der Waals surface area contributed by atoms with Crippen molar-refractivity contribution in [3.05, 3.63) is 88.4 Å². The number of carbonyl (C=O) groups excluding carboxylic acids is 1. The lowest BCUT2D eigenvalue weighted by Gasteiger charge is -2.34. The number of pyridine rings is 1. The predicted octanol–water partition coefficient (Wildman–Crippen LogP) is 7.31. The first-order valence-corrected chi connectivity index (χ1v) is 18.6. The van der Waals surface area contributed by atoms with E-state index < -0.39 is 27.0 Å². The van der Waals surface area contributed by atoms with Crippen molar-refractivity contribution in [1.29, 1.82) is 0 Å². The molecule has 0 spiro atoms. The fourth-order valence-electron chi connectivity index (χ4n) is 5.72. The number of nitrogens with zero attached hydrogens (tertiary/aromatic N) is 5. The van der Waals surface area contributed by atoms with Gasteiger partial charge in [-0.2, -0.15) is 0 Å². The van der Waals surface area contributed by atoms with E-state index in [9.17, 15) is 13.2 Å². The Kier molecular flexibility index (Phi) is 9.79. The van der Waals surface area contributed by atoms with Gasteiger partial charge in [0.15, 0.2) is 9.84 Å². The number of carbonyl (C=O) groups is 1. The van der Waals surface area contributed by atoms with Gasteiger partial charge >= 0.3 is 6.09 Å². The Bertz CT molecular complexity index is 2090. The second kappa shape index (κ2) is 14.0. The summed E-state index contributed by atoms with van der Waals surface area (Å²) in [5.74, 6) is -0.305. The predicted molar refractivity (Wildman–Crippen MR) is 187 cm³/mol. The van der Waals surface area contributed by atoms with E-state index in [-0.39, 0.29) is 29.3 Å². The van der Waals surface area contributed by atoms with Crippen LogP contribution < -0.4 is 10.1 Å². The van der Waals surface area contributed by atoms with Crippen LogP contribution in [0.3, 0.4) is 0 Å². The Morgan fingerprint density at radius 2 is 1.88 bits per heavy atom. The molecule has 1 aliphatic heterocycles. The highest BCUT2D eigenvalue weighted by Gasteiger charge is 2.28. The topological polar surface area (TPSA) is 136 Å². The Morgan fingerprint density at radius 1 is 1.06 bits per heavy atom. The van der Waals surface area contributed by atoms with Gasteiger partial charge in [0.2, 0.25) is 11.8 Å². The average molecular weight is 705 g/mol. The maximum atomic E-state index is 15.2. The summed E-state index contributed by atoms with van der Waals surface area (Å²) < 4.78 is 53.4. The molecule has 6 rings (SSSR count). The minimum atomic E-state index is -3.72. The van der Waals surface area contributed by atoms with E-state index in [0.717, 1.165) is 18.4 Å². The molecule has 1 amide bonds. The monoisotopic (exact) mass is 704 g/mol. The molecular formula is C35H37FN6O5S2. The first kappa shape index (κ1) is 34.2. The van der Waals surface area contributed by atoms with Crippen LogP contribution in [0.4, 0.5) is 15.1 Å². The number of rotatable bonds is 9. The number of thiazole rings is 1. The van der Waals surface area contributed by atoms with Gasteiger partial charge in [0.25, 0.3) is 0 Å². The molecule has 5 aromatic rings. The minimum Gasteiger partial charge on any atom is -0.444 e. The van der Waals surface area contributed by atoms with Crippen molar-refractivity contribution in [2.45, 2.75) is 63.7 Å². The number of anilines is 1. The number of benzene rings is 2. The highest BCUT2D eigenvalue weighted by atomic mass is 32.2. The standard InChI is InChI=1S/C35H37FN6O5S2/c1-22-9-10-25-26(11-12-29(36)28(25)20-49(44,45)19-24-18-48-21-39-24)31(22)46-32-27(8-5-14-37-32)30-13-15-38-33(41-30)40-23-7-6-16-42(17-23)34(43)47-35(2,3)4/h5,8-15,18,21,23H,6-7,16-17,19-20H2,1-4H3,(H,38,40,41)/t23-/m0/s1. The Hall–Kier alpha value is -4.69. The van der Waals surface area contributed by atoms with Crippen LogP contribution in [0.1, 0.15) is 50.4 Å². The summed E-state index contributed by atoms with van der Waals surface area (Å²) in [4.78, 5) is 32.1. The number of nitrogens with one attached hydrogen (secondary N) is 1. The maximum Gasteiger partial charge on any atom is 0.410 e. The Labute approximate surface area is 288 Å². The van der Waals surface area contributed by atoms with Crippen molar-refractivity contribution >= 4 is 44.0 Å². The Balaban J connectivity index is 1.26. The fourth-order valence-corrected chi connectivity index (χ4v) is 7.83. The second-order valence-corrected chi connectivity index (χ2v) is 15.8. The number of ether oxygens (including phenoxy) is 2. The normalized spacial score (nSPS) is 15.3. The second-order valence-electron chi connectivity index (χ2n) is 13.0. The molecule has 14 heteroatoms. The van der Waals surface area contributed by atoms with Gasteiger partial charge in [-0.05, 0) is 81.8 Å². The molecular weight excluding hydrogens is 668 g/mol. The molecule has 1 saturated heterocycles. The van der Waals surface area contributed by atoms with Crippen LogP contribution in [0.5, 0.6) is 11.6 Å². The maximum absolute atomic E-state index is 15.2. The number of aryl methyl sites for hydroxylation is 1. The van der Waals surface area contributed by atoms with Crippen LogP contribution in [0.15, 0.2) is 65.7 Å². The number of hydrogen-bond donors (Lipinski definition) is 1. The lowest BCUT2D eigenvalue weighted by Crippen LogP contribution is -2.47. The average Bonchev–Trinajstić information content (AvgIpc) is 3.55. The molecule has 0 bridgehead atoms. The minimum absolute atomic E-state index is 0.0679. The van der Waals surface area contributed by atoms with Crippen LogP contribution >= 0.6 is 11.3 Å². The van der Waals surface area contributed by atoms with Gasteiger partial charge < -0.3 is 19.7 Å². The largest absolute Gasteiger partial charge is 0.444 e. The van der Waals surface area contributed by atoms with Crippen LogP contribution in [0.25, 0.3) is 22.0 Å². The van der Waals surface area contributed by atoms with Crippen LogP contribution in [-0.2, 0) is 26.1 Å². The van der Waals surface area contributed by atoms with Crippen molar-refractivity contribution in [2.24, 2.45) is 0 Å². The quantitative estimate of drug-likeness (QED) is 0.166. The number of fused-ring (bicyclic) bond motifs is 1. The molecule has 0 aliphatic carbocycles. The smallest absolute Gasteiger partial charge is 0.410 e. The van der Waals surface area contributed by atoms with Crippen molar-refractivity contribution in [3.8, 4) is 22.9 Å². The van der Waals surface area contributed by atoms with Gasteiger partial charge in [-0.3, -0.25) is 0 Å². The number of amides is 1. The first-order chi connectivity index (χ1) is 23.3. The van der Waals surface area contributed by atoms with E-state index in [4.69, 9.17) is 14.5 Å². The van der Waals surface area contributed by atoms with Gasteiger partial charge in [0.1, 0.15) is 17.2 Å². The summed E-state index contributed by atoms with van der Waals surface area (Å²) >= 11 is 1.31. The Morgan fingerprint density at radius 3 is 2.65 bits per heavy atom. The highest BCUT2D eigenvalue weighted by molar-refractivity contribution is 7.89. The lowest BCUT2D eigenvalue weighted by molar-refractivity contribution is 0.0206. The summed E-state index contributed by atoms with van der Waals surface area (Å²) in [5, 5.41) is 6.02.